The van der Waals surface area contributed by atoms with Gasteiger partial charge < -0.3 is 14.8 Å². The number of nitrogens with one attached hydrogen (secondary N) is 1. The normalized spacial score (nSPS) is 10.2. The van der Waals surface area contributed by atoms with Crippen LogP contribution in [0.5, 0.6) is 5.75 Å². The Hall–Kier alpha value is -2.07. The SMILES string of the molecule is COc1cccc(COCCNc2ccccn2)c1. The van der Waals surface area contributed by atoms with Crippen molar-refractivity contribution in [1.29, 1.82) is 0 Å². The molecule has 1 aromatic heterocycles. The van der Waals surface area contributed by atoms with E-state index in [2.05, 4.69) is 10.3 Å². The highest BCUT2D eigenvalue weighted by Gasteiger charge is 1.96. The van der Waals surface area contributed by atoms with Crippen LogP contribution < -0.4 is 10.1 Å². The molecule has 4 nitrogen and oxygen atoms in total. The molecule has 0 spiro atoms. The fourth-order valence-corrected chi connectivity index (χ4v) is 1.67. The Kier molecular flexibility index (Phi) is 5.19. The van der Waals surface area contributed by atoms with Gasteiger partial charge in [0.25, 0.3) is 0 Å². The summed E-state index contributed by atoms with van der Waals surface area (Å²) in [5, 5.41) is 3.19. The highest BCUT2D eigenvalue weighted by Crippen LogP contribution is 2.13. The molecule has 1 heterocycles. The summed E-state index contributed by atoms with van der Waals surface area (Å²) in [5.74, 6) is 1.72. The molecule has 1 aromatic carbocycles. The average molecular weight is 258 g/mol. The van der Waals surface area contributed by atoms with Gasteiger partial charge >= 0.3 is 0 Å². The molecule has 0 aliphatic rings. The van der Waals surface area contributed by atoms with Gasteiger partial charge in [0.2, 0.25) is 0 Å². The molecule has 1 N–H and O–H groups in total. The number of pyridine rings is 1. The molecular weight excluding hydrogens is 240 g/mol. The summed E-state index contributed by atoms with van der Waals surface area (Å²) in [7, 11) is 1.66. The lowest BCUT2D eigenvalue weighted by Gasteiger charge is -2.07. The van der Waals surface area contributed by atoms with Gasteiger partial charge in [0, 0.05) is 12.7 Å². The molecule has 0 aliphatic carbocycles. The molecule has 100 valence electrons. The molecule has 0 unspecified atom stereocenters. The molecule has 0 fully saturated rings. The predicted molar refractivity (Wildman–Crippen MR) is 75.4 cm³/mol. The average Bonchev–Trinajstić information content (AvgIpc) is 2.48. The van der Waals surface area contributed by atoms with Crippen LogP contribution >= 0.6 is 0 Å². The summed E-state index contributed by atoms with van der Waals surface area (Å²) in [6.45, 7) is 1.95. The number of aromatic nitrogens is 1. The maximum atomic E-state index is 5.60. The smallest absolute Gasteiger partial charge is 0.125 e. The third-order valence-electron chi connectivity index (χ3n) is 2.62. The van der Waals surface area contributed by atoms with Crippen LogP contribution in [-0.2, 0) is 11.3 Å². The van der Waals surface area contributed by atoms with Crippen LogP contribution in [0.2, 0.25) is 0 Å². The van der Waals surface area contributed by atoms with Gasteiger partial charge in [0.05, 0.1) is 20.3 Å². The maximum absolute atomic E-state index is 5.60. The van der Waals surface area contributed by atoms with Gasteiger partial charge in [-0.05, 0) is 29.8 Å². The van der Waals surface area contributed by atoms with Crippen molar-refractivity contribution < 1.29 is 9.47 Å². The van der Waals surface area contributed by atoms with E-state index >= 15 is 0 Å². The number of benzene rings is 1. The summed E-state index contributed by atoms with van der Waals surface area (Å²) in [5.41, 5.74) is 1.11. The second-order valence-electron chi connectivity index (χ2n) is 4.05. The first-order chi connectivity index (χ1) is 9.38. The Balaban J connectivity index is 1.66. The minimum absolute atomic E-state index is 0.584. The lowest BCUT2D eigenvalue weighted by Crippen LogP contribution is -2.10. The van der Waals surface area contributed by atoms with E-state index in [1.54, 1.807) is 13.3 Å². The number of ether oxygens (including phenoxy) is 2. The lowest BCUT2D eigenvalue weighted by atomic mass is 10.2. The van der Waals surface area contributed by atoms with Crippen LogP contribution in [0.25, 0.3) is 0 Å². The van der Waals surface area contributed by atoms with Crippen molar-refractivity contribution in [3.8, 4) is 5.75 Å². The van der Waals surface area contributed by atoms with Crippen molar-refractivity contribution in [3.05, 3.63) is 54.2 Å². The first kappa shape index (κ1) is 13.4. The minimum Gasteiger partial charge on any atom is -0.497 e. The largest absolute Gasteiger partial charge is 0.497 e. The van der Waals surface area contributed by atoms with E-state index in [0.717, 1.165) is 23.7 Å². The first-order valence-corrected chi connectivity index (χ1v) is 6.24. The third-order valence-corrected chi connectivity index (χ3v) is 2.62. The fourth-order valence-electron chi connectivity index (χ4n) is 1.67. The Morgan fingerprint density at radius 3 is 2.89 bits per heavy atom. The summed E-state index contributed by atoms with van der Waals surface area (Å²) in [6.07, 6.45) is 1.76. The molecule has 4 heteroatoms. The van der Waals surface area contributed by atoms with Gasteiger partial charge in [0.15, 0.2) is 0 Å². The standard InChI is InChI=1S/C15H18N2O2/c1-18-14-6-4-5-13(11-14)12-19-10-9-17-15-7-2-3-8-16-15/h2-8,11H,9-10,12H2,1H3,(H,16,17). The van der Waals surface area contributed by atoms with Gasteiger partial charge in [-0.25, -0.2) is 4.98 Å². The maximum Gasteiger partial charge on any atom is 0.125 e. The molecule has 0 aliphatic heterocycles. The molecule has 19 heavy (non-hydrogen) atoms. The van der Waals surface area contributed by atoms with E-state index in [1.807, 2.05) is 42.5 Å². The summed E-state index contributed by atoms with van der Waals surface area (Å²) >= 11 is 0. The molecule has 0 bridgehead atoms. The van der Waals surface area contributed by atoms with Crippen molar-refractivity contribution >= 4 is 5.82 Å². The highest BCUT2D eigenvalue weighted by atomic mass is 16.5. The number of rotatable bonds is 7. The number of hydrogen-bond acceptors (Lipinski definition) is 4. The van der Waals surface area contributed by atoms with Crippen LogP contribution in [0.4, 0.5) is 5.82 Å². The number of hydrogen-bond donors (Lipinski definition) is 1. The van der Waals surface area contributed by atoms with Crippen molar-refractivity contribution in [2.24, 2.45) is 0 Å². The lowest BCUT2D eigenvalue weighted by molar-refractivity contribution is 0.130. The fraction of sp³-hybridized carbons (Fsp3) is 0.267. The minimum atomic E-state index is 0.584. The Morgan fingerprint density at radius 2 is 2.11 bits per heavy atom. The monoisotopic (exact) mass is 258 g/mol. The molecule has 0 saturated carbocycles. The predicted octanol–water partition coefficient (Wildman–Crippen LogP) is 2.72. The van der Waals surface area contributed by atoms with Crippen LogP contribution in [-0.4, -0.2) is 25.2 Å². The number of methoxy groups -OCH3 is 1. The molecule has 2 rings (SSSR count). The highest BCUT2D eigenvalue weighted by molar-refractivity contribution is 5.32. The zero-order valence-electron chi connectivity index (χ0n) is 11.0. The van der Waals surface area contributed by atoms with E-state index in [1.165, 1.54) is 0 Å². The van der Waals surface area contributed by atoms with Gasteiger partial charge in [-0.2, -0.15) is 0 Å². The first-order valence-electron chi connectivity index (χ1n) is 6.24. The van der Waals surface area contributed by atoms with E-state index in [9.17, 15) is 0 Å². The molecule has 0 saturated heterocycles. The topological polar surface area (TPSA) is 43.4 Å². The number of nitrogens with zero attached hydrogens (tertiary/aromatic N) is 1. The summed E-state index contributed by atoms with van der Waals surface area (Å²) in [4.78, 5) is 4.17. The van der Waals surface area contributed by atoms with Crippen LogP contribution in [0.1, 0.15) is 5.56 Å². The van der Waals surface area contributed by atoms with Crippen molar-refractivity contribution in [2.75, 3.05) is 25.6 Å². The Morgan fingerprint density at radius 1 is 1.16 bits per heavy atom. The molecule has 0 amide bonds. The van der Waals surface area contributed by atoms with Crippen LogP contribution in [0, 0.1) is 0 Å². The quantitative estimate of drug-likeness (QED) is 0.775. The third kappa shape index (κ3) is 4.60. The van der Waals surface area contributed by atoms with Crippen LogP contribution in [0.15, 0.2) is 48.7 Å². The molecular formula is C15H18N2O2. The summed E-state index contributed by atoms with van der Waals surface area (Å²) < 4.78 is 10.8. The van der Waals surface area contributed by atoms with Crippen LogP contribution in [0.3, 0.4) is 0 Å². The molecule has 0 atom stereocenters. The van der Waals surface area contributed by atoms with E-state index in [0.29, 0.717) is 13.2 Å². The van der Waals surface area contributed by atoms with Gasteiger partial charge in [0.1, 0.15) is 11.6 Å². The second kappa shape index (κ2) is 7.38. The zero-order valence-corrected chi connectivity index (χ0v) is 11.0. The van der Waals surface area contributed by atoms with Gasteiger partial charge in [-0.15, -0.1) is 0 Å². The van der Waals surface area contributed by atoms with E-state index < -0.39 is 0 Å². The van der Waals surface area contributed by atoms with E-state index in [-0.39, 0.29) is 0 Å². The van der Waals surface area contributed by atoms with Crippen molar-refractivity contribution in [3.63, 3.8) is 0 Å². The van der Waals surface area contributed by atoms with Gasteiger partial charge in [-0.1, -0.05) is 18.2 Å². The van der Waals surface area contributed by atoms with E-state index in [4.69, 9.17) is 9.47 Å². The zero-order chi connectivity index (χ0) is 13.3. The van der Waals surface area contributed by atoms with Crippen molar-refractivity contribution in [2.45, 2.75) is 6.61 Å². The summed E-state index contributed by atoms with van der Waals surface area (Å²) in [6, 6.07) is 13.7. The molecule has 2 aromatic rings. The Bertz CT molecular complexity index is 489. The second-order valence-corrected chi connectivity index (χ2v) is 4.05. The van der Waals surface area contributed by atoms with Gasteiger partial charge in [-0.3, -0.25) is 0 Å². The van der Waals surface area contributed by atoms with Crippen molar-refractivity contribution in [1.82, 2.24) is 4.98 Å². The Labute approximate surface area is 113 Å². The number of anilines is 1. The molecule has 0 radical (unpaired) electrons.